The standard InChI is InChI=1S/C11H8FNO3/c1-2-16-11(15)9-8(6-14)4-3-7(5-13)10(9)12/h3-4,6H,2H2,1H3. The summed E-state index contributed by atoms with van der Waals surface area (Å²) >= 11 is 0. The lowest BCUT2D eigenvalue weighted by atomic mass is 10.0. The van der Waals surface area contributed by atoms with Crippen LogP contribution < -0.4 is 0 Å². The minimum absolute atomic E-state index is 0.0628. The van der Waals surface area contributed by atoms with Crippen molar-refractivity contribution in [1.29, 1.82) is 5.26 Å². The van der Waals surface area contributed by atoms with E-state index in [0.29, 0.717) is 6.29 Å². The van der Waals surface area contributed by atoms with Crippen molar-refractivity contribution in [2.45, 2.75) is 6.92 Å². The normalized spacial score (nSPS) is 9.31. The number of nitriles is 1. The first-order valence-corrected chi connectivity index (χ1v) is 4.50. The van der Waals surface area contributed by atoms with Crippen LogP contribution in [0.4, 0.5) is 4.39 Å². The van der Waals surface area contributed by atoms with Crippen LogP contribution in [0.2, 0.25) is 0 Å². The maximum absolute atomic E-state index is 13.6. The van der Waals surface area contributed by atoms with Gasteiger partial charge in [-0.05, 0) is 19.1 Å². The Morgan fingerprint density at radius 1 is 1.62 bits per heavy atom. The molecule has 0 aliphatic carbocycles. The van der Waals surface area contributed by atoms with Crippen LogP contribution in [0.5, 0.6) is 0 Å². The highest BCUT2D eigenvalue weighted by molar-refractivity contribution is 5.98. The molecule has 0 aliphatic rings. The molecule has 0 aromatic heterocycles. The quantitative estimate of drug-likeness (QED) is 0.575. The fourth-order valence-corrected chi connectivity index (χ4v) is 1.19. The predicted octanol–water partition coefficient (Wildman–Crippen LogP) is 1.69. The van der Waals surface area contributed by atoms with Crippen LogP contribution in [-0.2, 0) is 4.74 Å². The Labute approximate surface area is 91.3 Å². The van der Waals surface area contributed by atoms with Crippen LogP contribution in [0.3, 0.4) is 0 Å². The highest BCUT2D eigenvalue weighted by atomic mass is 19.1. The van der Waals surface area contributed by atoms with Crippen LogP contribution in [0, 0.1) is 17.1 Å². The summed E-state index contributed by atoms with van der Waals surface area (Å²) in [6.07, 6.45) is 0.344. The van der Waals surface area contributed by atoms with E-state index in [4.69, 9.17) is 5.26 Å². The number of ether oxygens (including phenoxy) is 1. The third-order valence-electron chi connectivity index (χ3n) is 1.90. The second-order valence-corrected chi connectivity index (χ2v) is 2.84. The van der Waals surface area contributed by atoms with Crippen LogP contribution in [0.1, 0.15) is 33.2 Å². The average Bonchev–Trinajstić information content (AvgIpc) is 2.28. The second kappa shape index (κ2) is 5.03. The van der Waals surface area contributed by atoms with Gasteiger partial charge in [0.15, 0.2) is 12.1 Å². The van der Waals surface area contributed by atoms with E-state index in [1.54, 1.807) is 13.0 Å². The number of rotatable bonds is 3. The Balaban J connectivity index is 3.38. The maximum Gasteiger partial charge on any atom is 0.341 e. The zero-order valence-corrected chi connectivity index (χ0v) is 8.49. The van der Waals surface area contributed by atoms with Crippen LogP contribution in [-0.4, -0.2) is 18.9 Å². The fourth-order valence-electron chi connectivity index (χ4n) is 1.19. The molecule has 0 aliphatic heterocycles. The van der Waals surface area contributed by atoms with Gasteiger partial charge in [-0.2, -0.15) is 5.26 Å². The molecule has 0 saturated heterocycles. The van der Waals surface area contributed by atoms with Gasteiger partial charge >= 0.3 is 5.97 Å². The van der Waals surface area contributed by atoms with E-state index in [1.807, 2.05) is 0 Å². The number of halogens is 1. The SMILES string of the molecule is CCOC(=O)c1c(C=O)ccc(C#N)c1F. The number of hydrogen-bond acceptors (Lipinski definition) is 4. The van der Waals surface area contributed by atoms with Crippen LogP contribution >= 0.6 is 0 Å². The van der Waals surface area contributed by atoms with Gasteiger partial charge in [0.05, 0.1) is 12.2 Å². The Kier molecular flexibility index (Phi) is 3.72. The van der Waals surface area contributed by atoms with Gasteiger partial charge < -0.3 is 4.74 Å². The smallest absolute Gasteiger partial charge is 0.341 e. The van der Waals surface area contributed by atoms with Crippen molar-refractivity contribution >= 4 is 12.3 Å². The van der Waals surface area contributed by atoms with Crippen molar-refractivity contribution in [2.75, 3.05) is 6.61 Å². The summed E-state index contributed by atoms with van der Waals surface area (Å²) < 4.78 is 18.2. The maximum atomic E-state index is 13.6. The van der Waals surface area contributed by atoms with Crippen molar-refractivity contribution in [3.05, 3.63) is 34.6 Å². The van der Waals surface area contributed by atoms with Gasteiger partial charge in [-0.1, -0.05) is 0 Å². The summed E-state index contributed by atoms with van der Waals surface area (Å²) in [5, 5.41) is 8.59. The van der Waals surface area contributed by atoms with Gasteiger partial charge in [0.25, 0.3) is 0 Å². The summed E-state index contributed by atoms with van der Waals surface area (Å²) in [4.78, 5) is 22.0. The highest BCUT2D eigenvalue weighted by Crippen LogP contribution is 2.17. The monoisotopic (exact) mass is 221 g/mol. The molecule has 0 amide bonds. The summed E-state index contributed by atoms with van der Waals surface area (Å²) in [5.74, 6) is -1.97. The molecule has 5 heteroatoms. The molecule has 0 N–H and O–H groups in total. The molecule has 0 unspecified atom stereocenters. The largest absolute Gasteiger partial charge is 0.462 e. The minimum Gasteiger partial charge on any atom is -0.462 e. The molecule has 0 heterocycles. The van der Waals surface area contributed by atoms with Crippen molar-refractivity contribution in [3.8, 4) is 6.07 Å². The number of carbonyl (C=O) groups excluding carboxylic acids is 2. The lowest BCUT2D eigenvalue weighted by Gasteiger charge is -2.06. The molecular weight excluding hydrogens is 213 g/mol. The number of aldehydes is 1. The van der Waals surface area contributed by atoms with Crippen molar-refractivity contribution in [1.82, 2.24) is 0 Å². The first kappa shape index (κ1) is 11.9. The van der Waals surface area contributed by atoms with E-state index >= 15 is 0 Å². The fraction of sp³-hybridized carbons (Fsp3) is 0.182. The Morgan fingerprint density at radius 2 is 2.31 bits per heavy atom. The van der Waals surface area contributed by atoms with Gasteiger partial charge in [0, 0.05) is 5.56 Å². The molecule has 0 saturated carbocycles. The van der Waals surface area contributed by atoms with Crippen molar-refractivity contribution in [2.24, 2.45) is 0 Å². The van der Waals surface area contributed by atoms with E-state index in [-0.39, 0.29) is 17.7 Å². The first-order valence-electron chi connectivity index (χ1n) is 4.50. The van der Waals surface area contributed by atoms with E-state index in [9.17, 15) is 14.0 Å². The summed E-state index contributed by atoms with van der Waals surface area (Å²) in [5.41, 5.74) is -0.917. The summed E-state index contributed by atoms with van der Waals surface area (Å²) in [6, 6.07) is 3.94. The topological polar surface area (TPSA) is 67.2 Å². The Bertz CT molecular complexity index is 477. The molecular formula is C11H8FNO3. The number of benzene rings is 1. The third-order valence-corrected chi connectivity index (χ3v) is 1.90. The molecule has 1 rings (SSSR count). The van der Waals surface area contributed by atoms with E-state index < -0.39 is 17.3 Å². The van der Waals surface area contributed by atoms with E-state index in [0.717, 1.165) is 6.07 Å². The predicted molar refractivity (Wildman–Crippen MR) is 52.5 cm³/mol. The number of esters is 1. The molecule has 0 atom stereocenters. The van der Waals surface area contributed by atoms with Gasteiger partial charge in [0.2, 0.25) is 0 Å². The minimum atomic E-state index is -1.02. The first-order chi connectivity index (χ1) is 7.65. The van der Waals surface area contributed by atoms with E-state index in [1.165, 1.54) is 6.07 Å². The van der Waals surface area contributed by atoms with Crippen molar-refractivity contribution in [3.63, 3.8) is 0 Å². The number of hydrogen-bond donors (Lipinski definition) is 0. The van der Waals surface area contributed by atoms with Crippen LogP contribution in [0.15, 0.2) is 12.1 Å². The lowest BCUT2D eigenvalue weighted by Crippen LogP contribution is -2.11. The summed E-state index contributed by atoms with van der Waals surface area (Å²) in [7, 11) is 0. The Hall–Kier alpha value is -2.22. The summed E-state index contributed by atoms with van der Waals surface area (Å²) in [6.45, 7) is 1.62. The molecule has 0 fully saturated rings. The molecule has 16 heavy (non-hydrogen) atoms. The molecule has 0 radical (unpaired) electrons. The third kappa shape index (κ3) is 2.06. The molecule has 82 valence electrons. The zero-order valence-electron chi connectivity index (χ0n) is 8.49. The molecule has 4 nitrogen and oxygen atoms in total. The second-order valence-electron chi connectivity index (χ2n) is 2.84. The highest BCUT2D eigenvalue weighted by Gasteiger charge is 2.20. The number of nitrogens with zero attached hydrogens (tertiary/aromatic N) is 1. The van der Waals surface area contributed by atoms with E-state index in [2.05, 4.69) is 4.74 Å². The van der Waals surface area contributed by atoms with Gasteiger partial charge in [-0.15, -0.1) is 0 Å². The average molecular weight is 221 g/mol. The van der Waals surface area contributed by atoms with Crippen LogP contribution in [0.25, 0.3) is 0 Å². The van der Waals surface area contributed by atoms with Gasteiger partial charge in [0.1, 0.15) is 11.6 Å². The zero-order chi connectivity index (χ0) is 12.1. The molecule has 0 spiro atoms. The number of carbonyl (C=O) groups is 2. The molecule has 1 aromatic rings. The van der Waals surface area contributed by atoms with Gasteiger partial charge in [-0.25, -0.2) is 9.18 Å². The molecule has 0 bridgehead atoms. The van der Waals surface area contributed by atoms with Crippen molar-refractivity contribution < 1.29 is 18.7 Å². The van der Waals surface area contributed by atoms with Gasteiger partial charge in [-0.3, -0.25) is 4.79 Å². The molecule has 1 aromatic carbocycles. The Morgan fingerprint density at radius 3 is 2.81 bits per heavy atom. The lowest BCUT2D eigenvalue weighted by molar-refractivity contribution is 0.0518.